The van der Waals surface area contributed by atoms with E-state index in [2.05, 4.69) is 20.3 Å². The van der Waals surface area contributed by atoms with Gasteiger partial charge in [0.25, 0.3) is 0 Å². The van der Waals surface area contributed by atoms with Crippen LogP contribution in [-0.2, 0) is 18.2 Å². The van der Waals surface area contributed by atoms with Crippen molar-refractivity contribution in [3.63, 3.8) is 0 Å². The molecule has 8 nitrogen and oxygen atoms in total. The number of halogens is 4. The maximum Gasteiger partial charge on any atom is 0.416 e. The minimum atomic E-state index is -4.54. The number of nitrogens with zero attached hydrogens (tertiary/aromatic N) is 3. The van der Waals surface area contributed by atoms with Crippen molar-refractivity contribution < 1.29 is 37.4 Å². The van der Waals surface area contributed by atoms with E-state index in [4.69, 9.17) is 0 Å². The first-order chi connectivity index (χ1) is 18.9. The van der Waals surface area contributed by atoms with Gasteiger partial charge in [-0.25, -0.2) is 24.1 Å². The lowest BCUT2D eigenvalue weighted by Crippen LogP contribution is -2.33. The molecule has 5 rings (SSSR count). The zero-order valence-corrected chi connectivity index (χ0v) is 21.5. The molecule has 0 saturated carbocycles. The Labute approximate surface area is 228 Å². The Balaban J connectivity index is 1.51. The Morgan fingerprint density at radius 1 is 1.18 bits per heavy atom. The molecule has 1 aliphatic rings. The van der Waals surface area contributed by atoms with Crippen LogP contribution >= 0.6 is 11.3 Å². The summed E-state index contributed by atoms with van der Waals surface area (Å²) in [6.07, 6.45) is -0.915. The molecule has 0 bridgehead atoms. The number of carbonyl (C=O) groups is 2. The fourth-order valence-electron chi connectivity index (χ4n) is 4.82. The Morgan fingerprint density at radius 2 is 1.95 bits per heavy atom. The monoisotopic (exact) mass is 572 g/mol. The number of hydrogen-bond acceptors (Lipinski definition) is 8. The smallest absolute Gasteiger partial charge is 0.416 e. The molecule has 1 aromatic carbocycles. The number of fused-ring (bicyclic) bond motifs is 1. The number of aromatic nitrogens is 3. The number of pyridine rings is 2. The Morgan fingerprint density at radius 3 is 2.65 bits per heavy atom. The van der Waals surface area contributed by atoms with Gasteiger partial charge < -0.3 is 15.5 Å². The summed E-state index contributed by atoms with van der Waals surface area (Å²) >= 11 is 1.07. The Kier molecular flexibility index (Phi) is 6.88. The molecule has 1 unspecified atom stereocenters. The van der Waals surface area contributed by atoms with Crippen molar-refractivity contribution in [3.05, 3.63) is 86.9 Å². The highest BCUT2D eigenvalue weighted by Gasteiger charge is 2.41. The zero-order valence-electron chi connectivity index (χ0n) is 20.7. The molecule has 3 heterocycles. The number of aryl methyl sites for hydroxylation is 1. The predicted octanol–water partition coefficient (Wildman–Crippen LogP) is 5.89. The Hall–Kier alpha value is -4.23. The second-order valence-corrected chi connectivity index (χ2v) is 10.3. The average Bonchev–Trinajstić information content (AvgIpc) is 3.39. The molecular weight excluding hydrogens is 552 g/mol. The third-order valence-corrected chi connectivity index (χ3v) is 7.77. The van der Waals surface area contributed by atoms with Crippen LogP contribution in [0.1, 0.15) is 60.8 Å². The number of aromatic carboxylic acids is 1. The van der Waals surface area contributed by atoms with Gasteiger partial charge in [0.15, 0.2) is 6.29 Å². The standard InChI is InChI=1S/C27H20F4N4O4S/c1-13-7-19(34-22(8-13)35-21-9-14(4-6-32-21)27(29,30)31)20-11-33-25(40-20)26(39)5-2-3-15-16(12-36)23(24(37)38)18(28)10-17(15)26/h4,6-12,39H,2-3,5H2,1H3,(H,37,38)(H,32,34,35). The van der Waals surface area contributed by atoms with Gasteiger partial charge in [0, 0.05) is 18.0 Å². The van der Waals surface area contributed by atoms with E-state index in [0.29, 0.717) is 17.0 Å². The first-order valence-electron chi connectivity index (χ1n) is 11.9. The van der Waals surface area contributed by atoms with Crippen molar-refractivity contribution >= 4 is 35.2 Å². The number of alkyl halides is 3. The van der Waals surface area contributed by atoms with E-state index in [1.54, 1.807) is 19.1 Å². The van der Waals surface area contributed by atoms with Gasteiger partial charge in [-0.2, -0.15) is 13.2 Å². The van der Waals surface area contributed by atoms with Gasteiger partial charge in [-0.3, -0.25) is 4.79 Å². The first kappa shape index (κ1) is 27.3. The van der Waals surface area contributed by atoms with Crippen LogP contribution in [0, 0.1) is 12.7 Å². The summed E-state index contributed by atoms with van der Waals surface area (Å²) in [6.45, 7) is 1.77. The van der Waals surface area contributed by atoms with E-state index in [1.807, 2.05) is 0 Å². The summed E-state index contributed by atoms with van der Waals surface area (Å²) < 4.78 is 54.1. The van der Waals surface area contributed by atoms with E-state index >= 15 is 0 Å². The number of nitrogens with one attached hydrogen (secondary N) is 1. The molecule has 4 aromatic rings. The normalized spacial score (nSPS) is 16.9. The first-order valence-corrected chi connectivity index (χ1v) is 12.7. The lowest BCUT2D eigenvalue weighted by molar-refractivity contribution is -0.137. The summed E-state index contributed by atoms with van der Waals surface area (Å²) in [6, 6.07) is 6.03. The molecule has 206 valence electrons. The van der Waals surface area contributed by atoms with Gasteiger partial charge in [-0.05, 0) is 73.2 Å². The topological polar surface area (TPSA) is 125 Å². The van der Waals surface area contributed by atoms with Crippen LogP contribution in [-0.4, -0.2) is 37.4 Å². The minimum absolute atomic E-state index is 0.0502. The molecule has 1 aliphatic carbocycles. The molecular formula is C27H20F4N4O4S. The van der Waals surface area contributed by atoms with Crippen molar-refractivity contribution in [1.29, 1.82) is 0 Å². The highest BCUT2D eigenvalue weighted by molar-refractivity contribution is 7.15. The highest BCUT2D eigenvalue weighted by atomic mass is 32.1. The SMILES string of the molecule is Cc1cc(Nc2cc(C(F)(F)F)ccn2)nc(-c2cnc(C3(O)CCCc4c3cc(F)c(C(=O)O)c4C=O)s2)c1. The van der Waals surface area contributed by atoms with Crippen LogP contribution in [0.2, 0.25) is 0 Å². The van der Waals surface area contributed by atoms with Crippen LogP contribution in [0.5, 0.6) is 0 Å². The summed E-state index contributed by atoms with van der Waals surface area (Å²) in [5.41, 5.74) is -2.20. The number of anilines is 2. The van der Waals surface area contributed by atoms with Crippen molar-refractivity contribution in [1.82, 2.24) is 15.0 Å². The average molecular weight is 573 g/mol. The van der Waals surface area contributed by atoms with Crippen LogP contribution in [0.4, 0.5) is 29.2 Å². The van der Waals surface area contributed by atoms with Crippen molar-refractivity contribution in [2.75, 3.05) is 5.32 Å². The molecule has 0 radical (unpaired) electrons. The molecule has 3 N–H and O–H groups in total. The molecule has 0 saturated heterocycles. The third kappa shape index (κ3) is 4.93. The summed E-state index contributed by atoms with van der Waals surface area (Å²) in [5, 5.41) is 24.1. The molecule has 0 aliphatic heterocycles. The number of thiazole rings is 1. The minimum Gasteiger partial charge on any atom is -0.478 e. The van der Waals surface area contributed by atoms with Crippen LogP contribution in [0.25, 0.3) is 10.6 Å². The fourth-order valence-corrected chi connectivity index (χ4v) is 5.83. The maximum atomic E-state index is 14.8. The molecule has 40 heavy (non-hydrogen) atoms. The summed E-state index contributed by atoms with van der Waals surface area (Å²) in [5.74, 6) is -2.53. The zero-order chi connectivity index (χ0) is 28.8. The van der Waals surface area contributed by atoms with E-state index in [9.17, 15) is 37.4 Å². The lowest BCUT2D eigenvalue weighted by atomic mass is 9.76. The molecule has 3 aromatic heterocycles. The summed E-state index contributed by atoms with van der Waals surface area (Å²) in [7, 11) is 0. The fraction of sp³-hybridized carbons (Fsp3) is 0.222. The van der Waals surface area contributed by atoms with E-state index < -0.39 is 34.7 Å². The van der Waals surface area contributed by atoms with Gasteiger partial charge in [0.2, 0.25) is 0 Å². The number of aldehydes is 1. The van der Waals surface area contributed by atoms with Crippen molar-refractivity contribution in [2.24, 2.45) is 0 Å². The highest BCUT2D eigenvalue weighted by Crippen LogP contribution is 2.45. The van der Waals surface area contributed by atoms with Gasteiger partial charge in [0.1, 0.15) is 33.6 Å². The van der Waals surface area contributed by atoms with Gasteiger partial charge >= 0.3 is 12.1 Å². The maximum absolute atomic E-state index is 14.8. The molecule has 0 fully saturated rings. The van der Waals surface area contributed by atoms with Crippen LogP contribution in [0.3, 0.4) is 0 Å². The number of hydrogen-bond donors (Lipinski definition) is 3. The van der Waals surface area contributed by atoms with E-state index in [-0.39, 0.29) is 52.5 Å². The Bertz CT molecular complexity index is 1660. The quantitative estimate of drug-likeness (QED) is 0.193. The van der Waals surface area contributed by atoms with E-state index in [0.717, 1.165) is 41.3 Å². The van der Waals surface area contributed by atoms with Gasteiger partial charge in [-0.1, -0.05) is 0 Å². The molecule has 1 atom stereocenters. The number of aliphatic hydroxyl groups is 1. The molecule has 13 heteroatoms. The number of carbonyl (C=O) groups excluding carboxylic acids is 1. The number of rotatable bonds is 6. The van der Waals surface area contributed by atoms with Crippen LogP contribution in [0.15, 0.2) is 42.7 Å². The number of benzene rings is 1. The molecule has 0 spiro atoms. The van der Waals surface area contributed by atoms with E-state index in [1.165, 1.54) is 6.20 Å². The third-order valence-electron chi connectivity index (χ3n) is 6.60. The molecule has 0 amide bonds. The van der Waals surface area contributed by atoms with Crippen molar-refractivity contribution in [2.45, 2.75) is 38.0 Å². The predicted molar refractivity (Wildman–Crippen MR) is 137 cm³/mol. The largest absolute Gasteiger partial charge is 0.478 e. The number of carboxylic acid groups (broad SMARTS) is 1. The van der Waals surface area contributed by atoms with Gasteiger partial charge in [0.05, 0.1) is 16.1 Å². The van der Waals surface area contributed by atoms with Crippen LogP contribution < -0.4 is 5.32 Å². The lowest BCUT2D eigenvalue weighted by Gasteiger charge is -2.34. The second-order valence-electron chi connectivity index (χ2n) is 9.31. The number of carboxylic acids is 1. The summed E-state index contributed by atoms with van der Waals surface area (Å²) in [4.78, 5) is 36.6. The van der Waals surface area contributed by atoms with Gasteiger partial charge in [-0.15, -0.1) is 11.3 Å². The van der Waals surface area contributed by atoms with Crippen molar-refractivity contribution in [3.8, 4) is 10.6 Å². The second kappa shape index (κ2) is 10.1.